The number of nitro benzene ring substituents is 1. The summed E-state index contributed by atoms with van der Waals surface area (Å²) in [6.45, 7) is 0. The summed E-state index contributed by atoms with van der Waals surface area (Å²) in [7, 11) is 0. The highest BCUT2D eigenvalue weighted by atomic mass is 32.2. The number of benzene rings is 2. The van der Waals surface area contributed by atoms with Crippen molar-refractivity contribution in [1.82, 2.24) is 4.98 Å². The Labute approximate surface area is 130 Å². The van der Waals surface area contributed by atoms with Crippen molar-refractivity contribution in [1.29, 1.82) is 0 Å². The van der Waals surface area contributed by atoms with Gasteiger partial charge in [-0.1, -0.05) is 12.1 Å². The molecule has 0 fully saturated rings. The normalized spacial score (nSPS) is 10.8. The van der Waals surface area contributed by atoms with E-state index in [1.165, 1.54) is 12.1 Å². The van der Waals surface area contributed by atoms with E-state index >= 15 is 0 Å². The Morgan fingerprint density at radius 3 is 2.50 bits per heavy atom. The Kier molecular flexibility index (Phi) is 3.68. The number of H-pyrrole nitrogens is 1. The molecule has 0 aliphatic heterocycles. The van der Waals surface area contributed by atoms with Gasteiger partial charge in [0.2, 0.25) is 0 Å². The van der Waals surface area contributed by atoms with Crippen molar-refractivity contribution in [3.8, 4) is 11.3 Å². The summed E-state index contributed by atoms with van der Waals surface area (Å²) in [6, 6.07) is 12.3. The third-order valence-electron chi connectivity index (χ3n) is 3.53. The number of carbonyl (C=O) groups excluding carboxylic acids is 1. The van der Waals surface area contributed by atoms with Crippen molar-refractivity contribution >= 4 is 34.6 Å². The maximum Gasteiger partial charge on any atom is 0.270 e. The van der Waals surface area contributed by atoms with Crippen molar-refractivity contribution in [3.05, 3.63) is 58.1 Å². The number of aromatic nitrogens is 1. The molecule has 0 saturated heterocycles. The van der Waals surface area contributed by atoms with Crippen molar-refractivity contribution in [3.63, 3.8) is 0 Å². The minimum atomic E-state index is -0.464. The molecule has 110 valence electrons. The van der Waals surface area contributed by atoms with Crippen LogP contribution in [0.2, 0.25) is 0 Å². The first-order valence-electron chi connectivity index (χ1n) is 6.53. The quantitative estimate of drug-likeness (QED) is 0.338. The van der Waals surface area contributed by atoms with Crippen LogP contribution in [0.3, 0.4) is 0 Å². The van der Waals surface area contributed by atoms with E-state index in [9.17, 15) is 14.9 Å². The first kappa shape index (κ1) is 14.3. The van der Waals surface area contributed by atoms with Gasteiger partial charge >= 0.3 is 0 Å². The zero-order valence-corrected chi connectivity index (χ0v) is 12.5. The van der Waals surface area contributed by atoms with Crippen LogP contribution in [0.25, 0.3) is 22.2 Å². The summed E-state index contributed by atoms with van der Waals surface area (Å²) in [5.74, 6) is 0. The molecule has 0 aliphatic carbocycles. The molecule has 0 bridgehead atoms. The van der Waals surface area contributed by atoms with Crippen LogP contribution in [0, 0.1) is 10.1 Å². The fraction of sp³-hybridized carbons (Fsp3) is 0.0625. The summed E-state index contributed by atoms with van der Waals surface area (Å²) in [5.41, 5.74) is 2.67. The van der Waals surface area contributed by atoms with E-state index in [1.54, 1.807) is 17.8 Å². The molecule has 0 unspecified atom stereocenters. The number of nitro groups is 1. The van der Waals surface area contributed by atoms with Gasteiger partial charge in [0.25, 0.3) is 5.69 Å². The van der Waals surface area contributed by atoms with Crippen molar-refractivity contribution in [2.75, 3.05) is 6.26 Å². The summed E-state index contributed by atoms with van der Waals surface area (Å²) >= 11 is 1.64. The van der Waals surface area contributed by atoms with Crippen LogP contribution in [0.5, 0.6) is 0 Å². The van der Waals surface area contributed by atoms with E-state index in [0.717, 1.165) is 16.7 Å². The molecule has 3 aromatic rings. The second-order valence-electron chi connectivity index (χ2n) is 4.75. The van der Waals surface area contributed by atoms with Crippen LogP contribution >= 0.6 is 11.8 Å². The van der Waals surface area contributed by atoms with Gasteiger partial charge in [-0.2, -0.15) is 0 Å². The highest BCUT2D eigenvalue weighted by Gasteiger charge is 2.15. The summed E-state index contributed by atoms with van der Waals surface area (Å²) in [4.78, 5) is 26.2. The maximum absolute atomic E-state index is 11.5. The van der Waals surface area contributed by atoms with Gasteiger partial charge in [0.1, 0.15) is 0 Å². The third-order valence-corrected chi connectivity index (χ3v) is 4.27. The SMILES string of the molecule is CSc1ccc(-c2[nH]c3ccc([N+](=O)[O-])cc3c2C=O)cc1. The number of non-ortho nitro benzene ring substituents is 1. The zero-order valence-electron chi connectivity index (χ0n) is 11.7. The van der Waals surface area contributed by atoms with Crippen LogP contribution in [-0.4, -0.2) is 22.4 Å². The zero-order chi connectivity index (χ0) is 15.7. The van der Waals surface area contributed by atoms with Crippen LogP contribution in [0.15, 0.2) is 47.4 Å². The maximum atomic E-state index is 11.5. The highest BCUT2D eigenvalue weighted by molar-refractivity contribution is 7.98. The number of hydrogen-bond donors (Lipinski definition) is 1. The monoisotopic (exact) mass is 312 g/mol. The Bertz CT molecular complexity index is 869. The third kappa shape index (κ3) is 2.37. The second-order valence-corrected chi connectivity index (χ2v) is 5.63. The lowest BCUT2D eigenvalue weighted by atomic mass is 10.1. The topological polar surface area (TPSA) is 76.0 Å². The molecule has 0 spiro atoms. The van der Waals surface area contributed by atoms with E-state index < -0.39 is 4.92 Å². The first-order chi connectivity index (χ1) is 10.6. The van der Waals surface area contributed by atoms with Crippen molar-refractivity contribution < 1.29 is 9.72 Å². The molecule has 22 heavy (non-hydrogen) atoms. The lowest BCUT2D eigenvalue weighted by molar-refractivity contribution is -0.384. The molecule has 5 nitrogen and oxygen atoms in total. The summed E-state index contributed by atoms with van der Waals surface area (Å²) < 4.78 is 0. The lowest BCUT2D eigenvalue weighted by Gasteiger charge is -2.01. The molecule has 0 saturated carbocycles. The molecule has 2 aromatic carbocycles. The Balaban J connectivity index is 2.20. The van der Waals surface area contributed by atoms with Gasteiger partial charge in [-0.3, -0.25) is 14.9 Å². The molecule has 1 N–H and O–H groups in total. The van der Waals surface area contributed by atoms with Gasteiger partial charge in [-0.05, 0) is 30.0 Å². The average Bonchev–Trinajstić information content (AvgIpc) is 2.92. The molecule has 0 aliphatic rings. The molecular formula is C16H12N2O3S. The molecule has 0 amide bonds. The molecular weight excluding hydrogens is 300 g/mol. The van der Waals surface area contributed by atoms with Gasteiger partial charge in [-0.25, -0.2) is 0 Å². The molecule has 0 radical (unpaired) electrons. The fourth-order valence-corrected chi connectivity index (χ4v) is 2.83. The number of rotatable bonds is 4. The van der Waals surface area contributed by atoms with Gasteiger partial charge in [-0.15, -0.1) is 11.8 Å². The number of thioether (sulfide) groups is 1. The van der Waals surface area contributed by atoms with Crippen molar-refractivity contribution in [2.24, 2.45) is 0 Å². The lowest BCUT2D eigenvalue weighted by Crippen LogP contribution is -1.87. The summed E-state index contributed by atoms with van der Waals surface area (Å²) in [5, 5.41) is 11.5. The Hall–Kier alpha value is -2.60. The van der Waals surface area contributed by atoms with E-state index in [1.807, 2.05) is 30.5 Å². The van der Waals surface area contributed by atoms with E-state index in [2.05, 4.69) is 4.98 Å². The second kappa shape index (κ2) is 5.65. The molecule has 6 heteroatoms. The van der Waals surface area contributed by atoms with Crippen LogP contribution in [0.4, 0.5) is 5.69 Å². The van der Waals surface area contributed by atoms with Gasteiger partial charge < -0.3 is 4.98 Å². The van der Waals surface area contributed by atoms with Gasteiger partial charge in [0.05, 0.1) is 10.6 Å². The van der Waals surface area contributed by atoms with Crippen LogP contribution in [0.1, 0.15) is 10.4 Å². The largest absolute Gasteiger partial charge is 0.354 e. The molecule has 1 heterocycles. The molecule has 0 atom stereocenters. The number of aldehydes is 1. The highest BCUT2D eigenvalue weighted by Crippen LogP contribution is 2.32. The van der Waals surface area contributed by atoms with E-state index in [4.69, 9.17) is 0 Å². The van der Waals surface area contributed by atoms with E-state index in [-0.39, 0.29) is 5.69 Å². The fourth-order valence-electron chi connectivity index (χ4n) is 2.42. The molecule has 3 rings (SSSR count). The van der Waals surface area contributed by atoms with Crippen LogP contribution < -0.4 is 0 Å². The van der Waals surface area contributed by atoms with Gasteiger partial charge in [0, 0.05) is 33.5 Å². The predicted octanol–water partition coefficient (Wildman–Crippen LogP) is 4.28. The summed E-state index contributed by atoms with van der Waals surface area (Å²) in [6.07, 6.45) is 2.73. The number of aromatic amines is 1. The number of nitrogens with zero attached hydrogens (tertiary/aromatic N) is 1. The minimum absolute atomic E-state index is 0.0288. The number of carbonyl (C=O) groups is 1. The smallest absolute Gasteiger partial charge is 0.270 e. The number of hydrogen-bond acceptors (Lipinski definition) is 4. The van der Waals surface area contributed by atoms with Gasteiger partial charge in [0.15, 0.2) is 6.29 Å². The Morgan fingerprint density at radius 2 is 1.91 bits per heavy atom. The van der Waals surface area contributed by atoms with Crippen LogP contribution in [-0.2, 0) is 0 Å². The average molecular weight is 312 g/mol. The first-order valence-corrected chi connectivity index (χ1v) is 7.76. The molecule has 1 aromatic heterocycles. The standard InChI is InChI=1S/C16H12N2O3S/c1-22-12-5-2-10(3-6-12)16-14(9-19)13-8-11(18(20)21)4-7-15(13)17-16/h2-9,17H,1H3. The Morgan fingerprint density at radius 1 is 1.18 bits per heavy atom. The number of fused-ring (bicyclic) bond motifs is 1. The predicted molar refractivity (Wildman–Crippen MR) is 87.6 cm³/mol. The minimum Gasteiger partial charge on any atom is -0.354 e. The number of nitrogens with one attached hydrogen (secondary N) is 1. The van der Waals surface area contributed by atoms with E-state index in [0.29, 0.717) is 22.2 Å². The van der Waals surface area contributed by atoms with Crippen molar-refractivity contribution in [2.45, 2.75) is 4.90 Å².